The number of aliphatic hydroxyl groups is 1. The maximum Gasteiger partial charge on any atom is 0.408 e. The highest BCUT2D eigenvalue weighted by Gasteiger charge is 2.31. The van der Waals surface area contributed by atoms with Crippen molar-refractivity contribution in [1.82, 2.24) is 16.0 Å². The van der Waals surface area contributed by atoms with Crippen molar-refractivity contribution < 1.29 is 33.8 Å². The standard InChI is InChI=1S/C37H47N3O7/c1-36(2,3)40-33(43)28-20-14-13-19-27(28)22-31(41)29(21-25-15-9-7-10-16-25)38-34(44)30(39-35(45)47-37(4,5)6)23-32(42)46-24-26-17-11-8-12-18-26/h7-20,29-31,41H,21-24H2,1-6H3,(H,38,44)(H,39,45)(H,40,43). The van der Waals surface area contributed by atoms with Crippen molar-refractivity contribution in [1.29, 1.82) is 0 Å². The van der Waals surface area contributed by atoms with Gasteiger partial charge in [0.2, 0.25) is 5.91 Å². The highest BCUT2D eigenvalue weighted by atomic mass is 16.6. The number of alkyl carbamates (subject to hydrolysis) is 1. The van der Waals surface area contributed by atoms with E-state index in [-0.39, 0.29) is 25.4 Å². The van der Waals surface area contributed by atoms with Crippen LogP contribution in [0.4, 0.5) is 4.79 Å². The molecule has 0 radical (unpaired) electrons. The molecule has 10 nitrogen and oxygen atoms in total. The third-order valence-electron chi connectivity index (χ3n) is 6.89. The normalized spacial score (nSPS) is 13.4. The molecule has 3 atom stereocenters. The van der Waals surface area contributed by atoms with Crippen LogP contribution in [-0.2, 0) is 38.5 Å². The Balaban J connectivity index is 1.84. The molecule has 3 unspecified atom stereocenters. The average molecular weight is 646 g/mol. The molecule has 0 aliphatic rings. The highest BCUT2D eigenvalue weighted by Crippen LogP contribution is 2.17. The van der Waals surface area contributed by atoms with Crippen LogP contribution >= 0.6 is 0 Å². The van der Waals surface area contributed by atoms with Gasteiger partial charge in [0, 0.05) is 17.5 Å². The molecule has 47 heavy (non-hydrogen) atoms. The number of carbonyl (C=O) groups is 4. The fourth-order valence-electron chi connectivity index (χ4n) is 4.75. The minimum absolute atomic E-state index is 0.00199. The van der Waals surface area contributed by atoms with Gasteiger partial charge in [-0.1, -0.05) is 78.9 Å². The second-order valence-electron chi connectivity index (χ2n) is 13.5. The first-order chi connectivity index (χ1) is 22.1. The Morgan fingerprint density at radius 2 is 1.32 bits per heavy atom. The summed E-state index contributed by atoms with van der Waals surface area (Å²) in [6, 6.07) is 23.1. The van der Waals surface area contributed by atoms with Crippen molar-refractivity contribution in [3.63, 3.8) is 0 Å². The van der Waals surface area contributed by atoms with E-state index in [1.165, 1.54) is 0 Å². The van der Waals surface area contributed by atoms with E-state index in [4.69, 9.17) is 9.47 Å². The molecule has 0 aliphatic carbocycles. The lowest BCUT2D eigenvalue weighted by atomic mass is 9.93. The number of aliphatic hydroxyl groups excluding tert-OH is 1. The van der Waals surface area contributed by atoms with Gasteiger partial charge < -0.3 is 30.5 Å². The van der Waals surface area contributed by atoms with Gasteiger partial charge in [0.1, 0.15) is 18.2 Å². The lowest BCUT2D eigenvalue weighted by molar-refractivity contribution is -0.147. The monoisotopic (exact) mass is 645 g/mol. The van der Waals surface area contributed by atoms with E-state index in [0.29, 0.717) is 11.1 Å². The molecular weight excluding hydrogens is 598 g/mol. The number of amides is 3. The summed E-state index contributed by atoms with van der Waals surface area (Å²) in [7, 11) is 0. The largest absolute Gasteiger partial charge is 0.461 e. The lowest BCUT2D eigenvalue weighted by Crippen LogP contribution is -2.54. The first-order valence-electron chi connectivity index (χ1n) is 15.7. The smallest absolute Gasteiger partial charge is 0.408 e. The van der Waals surface area contributed by atoms with E-state index in [1.807, 2.05) is 69.3 Å². The molecule has 3 amide bonds. The zero-order valence-electron chi connectivity index (χ0n) is 28.0. The predicted molar refractivity (Wildman–Crippen MR) is 179 cm³/mol. The van der Waals surface area contributed by atoms with Crippen molar-refractivity contribution in [2.24, 2.45) is 0 Å². The molecular formula is C37H47N3O7. The fourth-order valence-corrected chi connectivity index (χ4v) is 4.75. The van der Waals surface area contributed by atoms with Gasteiger partial charge in [-0.05, 0) is 70.7 Å². The molecule has 4 N–H and O–H groups in total. The number of rotatable bonds is 13. The van der Waals surface area contributed by atoms with Crippen molar-refractivity contribution in [2.75, 3.05) is 0 Å². The molecule has 3 rings (SSSR count). The third kappa shape index (κ3) is 13.3. The Kier molecular flexibility index (Phi) is 13.1. The summed E-state index contributed by atoms with van der Waals surface area (Å²) in [6.07, 6.45) is -2.21. The molecule has 3 aromatic rings. The van der Waals surface area contributed by atoms with Crippen LogP contribution in [0.5, 0.6) is 0 Å². The zero-order chi connectivity index (χ0) is 34.6. The van der Waals surface area contributed by atoms with E-state index in [2.05, 4.69) is 16.0 Å². The van der Waals surface area contributed by atoms with Gasteiger partial charge in [-0.2, -0.15) is 0 Å². The van der Waals surface area contributed by atoms with E-state index in [1.54, 1.807) is 57.2 Å². The second kappa shape index (κ2) is 16.7. The van der Waals surface area contributed by atoms with Crippen LogP contribution in [0.25, 0.3) is 0 Å². The first-order valence-corrected chi connectivity index (χ1v) is 15.7. The summed E-state index contributed by atoms with van der Waals surface area (Å²) >= 11 is 0. The van der Waals surface area contributed by atoms with Gasteiger partial charge in [-0.25, -0.2) is 4.79 Å². The van der Waals surface area contributed by atoms with Gasteiger partial charge >= 0.3 is 12.1 Å². The molecule has 0 aliphatic heterocycles. The van der Waals surface area contributed by atoms with E-state index in [9.17, 15) is 24.3 Å². The number of nitrogens with one attached hydrogen (secondary N) is 3. The van der Waals surface area contributed by atoms with Crippen LogP contribution in [0.15, 0.2) is 84.9 Å². The number of hydrogen-bond donors (Lipinski definition) is 4. The summed E-state index contributed by atoms with van der Waals surface area (Å²) in [5.41, 5.74) is 1.31. The molecule has 0 saturated carbocycles. The predicted octanol–water partition coefficient (Wildman–Crippen LogP) is 4.87. The van der Waals surface area contributed by atoms with Crippen LogP contribution in [0.2, 0.25) is 0 Å². The quantitative estimate of drug-likeness (QED) is 0.194. The molecule has 0 aromatic heterocycles. The first kappa shape index (κ1) is 36.8. The lowest BCUT2D eigenvalue weighted by Gasteiger charge is -2.28. The number of carbonyl (C=O) groups excluding carboxylic acids is 4. The van der Waals surface area contributed by atoms with Gasteiger partial charge in [0.25, 0.3) is 5.91 Å². The molecule has 252 valence electrons. The van der Waals surface area contributed by atoms with E-state index >= 15 is 0 Å². The Bertz CT molecular complexity index is 1480. The Morgan fingerprint density at radius 3 is 1.91 bits per heavy atom. The second-order valence-corrected chi connectivity index (χ2v) is 13.5. The summed E-state index contributed by atoms with van der Waals surface area (Å²) in [5, 5.41) is 19.9. The Labute approximate surface area is 277 Å². The number of esters is 1. The van der Waals surface area contributed by atoms with E-state index in [0.717, 1.165) is 11.1 Å². The fraction of sp³-hybridized carbons (Fsp3) is 0.405. The van der Waals surface area contributed by atoms with Crippen LogP contribution in [0, 0.1) is 0 Å². The SMILES string of the molecule is CC(C)(C)NC(=O)c1ccccc1CC(O)C(Cc1ccccc1)NC(=O)C(CC(=O)OCc1ccccc1)NC(=O)OC(C)(C)C. The number of hydrogen-bond acceptors (Lipinski definition) is 7. The molecule has 10 heteroatoms. The van der Waals surface area contributed by atoms with Crippen molar-refractivity contribution >= 4 is 23.9 Å². The minimum atomic E-state index is -1.36. The number of benzene rings is 3. The Morgan fingerprint density at radius 1 is 0.745 bits per heavy atom. The zero-order valence-corrected chi connectivity index (χ0v) is 28.0. The molecule has 0 spiro atoms. The molecule has 0 saturated heterocycles. The molecule has 0 fully saturated rings. The van der Waals surface area contributed by atoms with Crippen molar-refractivity contribution in [2.45, 2.75) is 96.7 Å². The third-order valence-corrected chi connectivity index (χ3v) is 6.89. The van der Waals surface area contributed by atoms with Crippen molar-refractivity contribution in [3.05, 3.63) is 107 Å². The molecule has 0 bridgehead atoms. The van der Waals surface area contributed by atoms with Gasteiger partial charge in [-0.15, -0.1) is 0 Å². The van der Waals surface area contributed by atoms with Crippen molar-refractivity contribution in [3.8, 4) is 0 Å². The maximum absolute atomic E-state index is 13.8. The topological polar surface area (TPSA) is 143 Å². The van der Waals surface area contributed by atoms with Gasteiger partial charge in [-0.3, -0.25) is 14.4 Å². The van der Waals surface area contributed by atoms with Crippen LogP contribution in [-0.4, -0.2) is 58.3 Å². The number of ether oxygens (including phenoxy) is 2. The Hall–Kier alpha value is -4.70. The van der Waals surface area contributed by atoms with Crippen LogP contribution < -0.4 is 16.0 Å². The van der Waals surface area contributed by atoms with Gasteiger partial charge in [0.05, 0.1) is 18.6 Å². The highest BCUT2D eigenvalue weighted by molar-refractivity contribution is 5.96. The summed E-state index contributed by atoms with van der Waals surface area (Å²) in [6.45, 7) is 10.7. The van der Waals surface area contributed by atoms with Crippen LogP contribution in [0.3, 0.4) is 0 Å². The average Bonchev–Trinajstić information content (AvgIpc) is 2.99. The summed E-state index contributed by atoms with van der Waals surface area (Å²) in [4.78, 5) is 52.5. The molecule has 3 aromatic carbocycles. The molecule has 0 heterocycles. The van der Waals surface area contributed by atoms with Gasteiger partial charge in [0.15, 0.2) is 0 Å². The summed E-state index contributed by atoms with van der Waals surface area (Å²) in [5.74, 6) is -1.69. The van der Waals surface area contributed by atoms with E-state index < -0.39 is 53.7 Å². The minimum Gasteiger partial charge on any atom is -0.461 e. The summed E-state index contributed by atoms with van der Waals surface area (Å²) < 4.78 is 10.7. The maximum atomic E-state index is 13.8. The van der Waals surface area contributed by atoms with Crippen LogP contribution in [0.1, 0.15) is 75.0 Å².